The fourth-order valence-corrected chi connectivity index (χ4v) is 3.75. The Morgan fingerprint density at radius 3 is 2.56 bits per heavy atom. The molecular weight excluding hydrogens is 286 g/mol. The minimum Gasteiger partial charge on any atom is -0.261 e. The summed E-state index contributed by atoms with van der Waals surface area (Å²) >= 11 is 3.85. The highest BCUT2D eigenvalue weighted by molar-refractivity contribution is 9.09. The van der Waals surface area contributed by atoms with Gasteiger partial charge in [0.2, 0.25) is 0 Å². The number of alkyl halides is 1. The molecular formula is C16H24BrN. The molecule has 100 valence electrons. The number of pyridine rings is 1. The second-order valence-electron chi connectivity index (χ2n) is 5.72. The van der Waals surface area contributed by atoms with Gasteiger partial charge in [-0.2, -0.15) is 0 Å². The molecule has 0 aromatic carbocycles. The Hall–Kier alpha value is -0.370. The summed E-state index contributed by atoms with van der Waals surface area (Å²) in [6.07, 6.45) is 13.0. The van der Waals surface area contributed by atoms with Crippen molar-refractivity contribution < 1.29 is 0 Å². The smallest absolute Gasteiger partial charge is 0.0414 e. The number of hydrogen-bond acceptors (Lipinski definition) is 1. The highest BCUT2D eigenvalue weighted by atomic mass is 79.9. The van der Waals surface area contributed by atoms with Crippen molar-refractivity contribution in [3.8, 4) is 0 Å². The van der Waals surface area contributed by atoms with E-state index < -0.39 is 0 Å². The fourth-order valence-electron chi connectivity index (χ4n) is 2.89. The van der Waals surface area contributed by atoms with Crippen molar-refractivity contribution in [1.29, 1.82) is 0 Å². The fraction of sp³-hybridized carbons (Fsp3) is 0.688. The van der Waals surface area contributed by atoms with E-state index in [1.165, 1.54) is 56.2 Å². The zero-order chi connectivity index (χ0) is 12.8. The van der Waals surface area contributed by atoms with Gasteiger partial charge in [-0.25, -0.2) is 0 Å². The Bertz CT molecular complexity index is 339. The van der Waals surface area contributed by atoms with Gasteiger partial charge in [0.15, 0.2) is 0 Å². The van der Waals surface area contributed by atoms with Crippen LogP contribution in [0.1, 0.15) is 56.2 Å². The summed E-state index contributed by atoms with van der Waals surface area (Å²) in [7, 11) is 0. The number of rotatable bonds is 4. The lowest BCUT2D eigenvalue weighted by Gasteiger charge is -2.17. The molecule has 0 radical (unpaired) electrons. The van der Waals surface area contributed by atoms with Crippen LogP contribution >= 0.6 is 15.9 Å². The van der Waals surface area contributed by atoms with Crippen LogP contribution in [0, 0.1) is 12.8 Å². The number of hydrogen-bond donors (Lipinski definition) is 0. The highest BCUT2D eigenvalue weighted by Gasteiger charge is 2.17. The Morgan fingerprint density at radius 1 is 1.22 bits per heavy atom. The molecule has 1 aromatic rings. The first kappa shape index (κ1) is 14.0. The van der Waals surface area contributed by atoms with Crippen LogP contribution in [-0.4, -0.2) is 9.81 Å². The molecule has 0 spiro atoms. The van der Waals surface area contributed by atoms with Gasteiger partial charge in [0.05, 0.1) is 0 Å². The normalized spacial score (nSPS) is 19.4. The first-order valence-electron chi connectivity index (χ1n) is 7.29. The van der Waals surface area contributed by atoms with Gasteiger partial charge in [0.25, 0.3) is 0 Å². The van der Waals surface area contributed by atoms with Crippen molar-refractivity contribution in [3.05, 3.63) is 29.6 Å². The Morgan fingerprint density at radius 2 is 1.94 bits per heavy atom. The Labute approximate surface area is 120 Å². The molecule has 1 atom stereocenters. The zero-order valence-electron chi connectivity index (χ0n) is 11.4. The van der Waals surface area contributed by atoms with Crippen LogP contribution in [0.4, 0.5) is 0 Å². The van der Waals surface area contributed by atoms with Gasteiger partial charge >= 0.3 is 0 Å². The topological polar surface area (TPSA) is 12.9 Å². The molecule has 1 nitrogen and oxygen atoms in total. The van der Waals surface area contributed by atoms with E-state index in [1.807, 2.05) is 6.20 Å². The van der Waals surface area contributed by atoms with Crippen molar-refractivity contribution in [2.75, 3.05) is 0 Å². The van der Waals surface area contributed by atoms with Gasteiger partial charge in [-0.3, -0.25) is 4.98 Å². The van der Waals surface area contributed by atoms with Crippen LogP contribution in [0.2, 0.25) is 0 Å². The molecule has 1 unspecified atom stereocenters. The van der Waals surface area contributed by atoms with Crippen LogP contribution in [-0.2, 0) is 6.42 Å². The molecule has 1 aliphatic rings. The van der Waals surface area contributed by atoms with Crippen molar-refractivity contribution in [3.63, 3.8) is 0 Å². The average molecular weight is 310 g/mol. The van der Waals surface area contributed by atoms with E-state index in [9.17, 15) is 0 Å². The third-order valence-corrected chi connectivity index (χ3v) is 4.66. The predicted octanol–water partition coefficient (Wildman–Crippen LogP) is 5.06. The summed E-state index contributed by atoms with van der Waals surface area (Å²) in [6, 6.07) is 4.32. The molecule has 1 aromatic heterocycles. The lowest BCUT2D eigenvalue weighted by molar-refractivity contribution is 0.423. The molecule has 2 rings (SSSR count). The maximum Gasteiger partial charge on any atom is 0.0414 e. The van der Waals surface area contributed by atoms with Crippen LogP contribution in [0.25, 0.3) is 0 Å². The number of nitrogens with zero attached hydrogens (tertiary/aromatic N) is 1. The number of halogens is 1. The maximum absolute atomic E-state index is 4.50. The van der Waals surface area contributed by atoms with Crippen LogP contribution in [0.5, 0.6) is 0 Å². The average Bonchev–Trinajstić information content (AvgIpc) is 2.61. The van der Waals surface area contributed by atoms with Gasteiger partial charge < -0.3 is 0 Å². The van der Waals surface area contributed by atoms with Crippen LogP contribution in [0.3, 0.4) is 0 Å². The third-order valence-electron chi connectivity index (χ3n) is 3.97. The summed E-state index contributed by atoms with van der Waals surface area (Å²) in [5.41, 5.74) is 2.46. The van der Waals surface area contributed by atoms with E-state index in [0.29, 0.717) is 4.83 Å². The molecule has 0 saturated heterocycles. The molecule has 2 heteroatoms. The molecule has 18 heavy (non-hydrogen) atoms. The highest BCUT2D eigenvalue weighted by Crippen LogP contribution is 2.29. The van der Waals surface area contributed by atoms with Gasteiger partial charge in [-0.05, 0) is 30.9 Å². The number of aromatic nitrogens is 1. The Kier molecular flexibility index (Phi) is 5.68. The standard InChI is InChI=1S/C16H24BrN/c1-13-8-9-16(18-12-13)11-15(17)10-14-6-4-2-3-5-7-14/h8-9,12,14-15H,2-7,10-11H2,1H3. The summed E-state index contributed by atoms with van der Waals surface area (Å²) < 4.78 is 0. The van der Waals surface area contributed by atoms with Gasteiger partial charge in [0.1, 0.15) is 0 Å². The van der Waals surface area contributed by atoms with E-state index in [-0.39, 0.29) is 0 Å². The summed E-state index contributed by atoms with van der Waals surface area (Å²) in [5.74, 6) is 0.933. The predicted molar refractivity (Wildman–Crippen MR) is 81.2 cm³/mol. The summed E-state index contributed by atoms with van der Waals surface area (Å²) in [6.45, 7) is 2.09. The first-order chi connectivity index (χ1) is 8.74. The molecule has 1 aliphatic carbocycles. The van der Waals surface area contributed by atoms with Crippen LogP contribution < -0.4 is 0 Å². The van der Waals surface area contributed by atoms with E-state index in [2.05, 4.69) is 40.0 Å². The quantitative estimate of drug-likeness (QED) is 0.560. The van der Waals surface area contributed by atoms with E-state index in [4.69, 9.17) is 0 Å². The zero-order valence-corrected chi connectivity index (χ0v) is 13.0. The lowest BCUT2D eigenvalue weighted by Crippen LogP contribution is -2.11. The van der Waals surface area contributed by atoms with Crippen molar-refractivity contribution in [2.24, 2.45) is 5.92 Å². The molecule has 1 heterocycles. The minimum atomic E-state index is 0.593. The molecule has 1 saturated carbocycles. The van der Waals surface area contributed by atoms with Gasteiger partial charge in [-0.15, -0.1) is 0 Å². The molecule has 0 bridgehead atoms. The largest absolute Gasteiger partial charge is 0.261 e. The lowest BCUT2D eigenvalue weighted by atomic mass is 9.93. The second-order valence-corrected chi connectivity index (χ2v) is 7.02. The molecule has 1 fully saturated rings. The maximum atomic E-state index is 4.50. The Balaban J connectivity index is 1.80. The third kappa shape index (κ3) is 4.72. The van der Waals surface area contributed by atoms with E-state index in [1.54, 1.807) is 0 Å². The monoisotopic (exact) mass is 309 g/mol. The second kappa shape index (κ2) is 7.28. The SMILES string of the molecule is Cc1ccc(CC(Br)CC2CCCCCC2)nc1. The van der Waals surface area contributed by atoms with Crippen LogP contribution in [0.15, 0.2) is 18.3 Å². The molecule has 0 N–H and O–H groups in total. The van der Waals surface area contributed by atoms with E-state index in [0.717, 1.165) is 12.3 Å². The van der Waals surface area contributed by atoms with Crippen molar-refractivity contribution in [2.45, 2.75) is 63.1 Å². The van der Waals surface area contributed by atoms with E-state index >= 15 is 0 Å². The first-order valence-corrected chi connectivity index (χ1v) is 8.21. The number of aryl methyl sites for hydroxylation is 1. The van der Waals surface area contributed by atoms with Gasteiger partial charge in [-0.1, -0.05) is 60.5 Å². The molecule has 0 amide bonds. The summed E-state index contributed by atoms with van der Waals surface area (Å²) in [5, 5.41) is 0. The summed E-state index contributed by atoms with van der Waals surface area (Å²) in [4.78, 5) is 5.09. The van der Waals surface area contributed by atoms with Gasteiger partial charge in [0, 0.05) is 23.1 Å². The minimum absolute atomic E-state index is 0.593. The van der Waals surface area contributed by atoms with Crippen molar-refractivity contribution in [1.82, 2.24) is 4.98 Å². The van der Waals surface area contributed by atoms with Crippen molar-refractivity contribution >= 4 is 15.9 Å². The molecule has 0 aliphatic heterocycles.